The SMILES string of the molecule is CCCCN=C(N)NCCc1cnn(-c2ccccc2)c1. The number of guanidine groups is 1. The first-order chi connectivity index (χ1) is 10.3. The quantitative estimate of drug-likeness (QED) is 0.465. The highest BCUT2D eigenvalue weighted by molar-refractivity contribution is 5.77. The van der Waals surface area contributed by atoms with Crippen LogP contribution in [-0.2, 0) is 6.42 Å². The molecule has 0 aliphatic rings. The zero-order valence-corrected chi connectivity index (χ0v) is 12.5. The fourth-order valence-corrected chi connectivity index (χ4v) is 1.96. The van der Waals surface area contributed by atoms with Crippen LogP contribution in [0, 0.1) is 0 Å². The average molecular weight is 285 g/mol. The molecule has 0 saturated carbocycles. The number of nitrogens with zero attached hydrogens (tertiary/aromatic N) is 3. The highest BCUT2D eigenvalue weighted by Crippen LogP contribution is 2.07. The lowest BCUT2D eigenvalue weighted by Crippen LogP contribution is -2.33. The molecule has 0 unspecified atom stereocenters. The summed E-state index contributed by atoms with van der Waals surface area (Å²) in [5, 5.41) is 7.50. The van der Waals surface area contributed by atoms with Gasteiger partial charge in [-0.25, -0.2) is 4.68 Å². The molecule has 0 atom stereocenters. The van der Waals surface area contributed by atoms with Gasteiger partial charge in [-0.15, -0.1) is 0 Å². The molecule has 0 bridgehead atoms. The van der Waals surface area contributed by atoms with E-state index in [1.54, 1.807) is 0 Å². The summed E-state index contributed by atoms with van der Waals surface area (Å²) >= 11 is 0. The number of nitrogens with two attached hydrogens (primary N) is 1. The van der Waals surface area contributed by atoms with Crippen molar-refractivity contribution in [3.8, 4) is 5.69 Å². The van der Waals surface area contributed by atoms with Crippen LogP contribution >= 0.6 is 0 Å². The van der Waals surface area contributed by atoms with Crippen LogP contribution in [0.2, 0.25) is 0 Å². The molecule has 0 fully saturated rings. The molecule has 5 heteroatoms. The second-order valence-corrected chi connectivity index (χ2v) is 4.93. The van der Waals surface area contributed by atoms with Crippen LogP contribution in [0.1, 0.15) is 25.3 Å². The summed E-state index contributed by atoms with van der Waals surface area (Å²) in [6.45, 7) is 3.70. The third-order valence-corrected chi connectivity index (χ3v) is 3.17. The Kier molecular flexibility index (Phi) is 5.82. The van der Waals surface area contributed by atoms with Crippen LogP contribution < -0.4 is 11.1 Å². The molecule has 1 heterocycles. The summed E-state index contributed by atoms with van der Waals surface area (Å²) in [5.41, 5.74) is 8.03. The lowest BCUT2D eigenvalue weighted by Gasteiger charge is -2.04. The van der Waals surface area contributed by atoms with E-state index in [1.807, 2.05) is 47.4 Å². The van der Waals surface area contributed by atoms with Gasteiger partial charge in [0.05, 0.1) is 11.9 Å². The van der Waals surface area contributed by atoms with E-state index in [0.717, 1.165) is 38.0 Å². The molecule has 1 aromatic heterocycles. The minimum absolute atomic E-state index is 0.527. The molecular formula is C16H23N5. The third-order valence-electron chi connectivity index (χ3n) is 3.17. The smallest absolute Gasteiger partial charge is 0.188 e. The summed E-state index contributed by atoms with van der Waals surface area (Å²) in [4.78, 5) is 4.26. The Morgan fingerprint density at radius 2 is 2.14 bits per heavy atom. The van der Waals surface area contributed by atoms with E-state index in [4.69, 9.17) is 5.73 Å². The van der Waals surface area contributed by atoms with Crippen molar-refractivity contribution in [2.75, 3.05) is 13.1 Å². The maximum absolute atomic E-state index is 5.79. The molecule has 5 nitrogen and oxygen atoms in total. The van der Waals surface area contributed by atoms with Crippen molar-refractivity contribution < 1.29 is 0 Å². The van der Waals surface area contributed by atoms with E-state index < -0.39 is 0 Å². The van der Waals surface area contributed by atoms with Gasteiger partial charge < -0.3 is 11.1 Å². The van der Waals surface area contributed by atoms with Gasteiger partial charge >= 0.3 is 0 Å². The highest BCUT2D eigenvalue weighted by Gasteiger charge is 2.00. The minimum Gasteiger partial charge on any atom is -0.370 e. The van der Waals surface area contributed by atoms with Crippen molar-refractivity contribution >= 4 is 5.96 Å². The average Bonchev–Trinajstić information content (AvgIpc) is 2.97. The Bertz CT molecular complexity index is 559. The molecule has 1 aromatic carbocycles. The third kappa shape index (κ3) is 4.95. The summed E-state index contributed by atoms with van der Waals surface area (Å²) in [6.07, 6.45) is 7.01. The molecule has 21 heavy (non-hydrogen) atoms. The van der Waals surface area contributed by atoms with Crippen LogP contribution in [0.4, 0.5) is 0 Å². The lowest BCUT2D eigenvalue weighted by molar-refractivity contribution is 0.791. The van der Waals surface area contributed by atoms with Gasteiger partial charge in [0, 0.05) is 19.3 Å². The number of para-hydroxylation sites is 1. The van der Waals surface area contributed by atoms with Crippen LogP contribution in [0.15, 0.2) is 47.7 Å². The van der Waals surface area contributed by atoms with Crippen LogP contribution in [0.3, 0.4) is 0 Å². The van der Waals surface area contributed by atoms with Crippen molar-refractivity contribution in [1.29, 1.82) is 0 Å². The van der Waals surface area contributed by atoms with Gasteiger partial charge in [0.15, 0.2) is 5.96 Å². The summed E-state index contributed by atoms with van der Waals surface area (Å²) < 4.78 is 1.88. The Balaban J connectivity index is 1.80. The molecule has 112 valence electrons. The molecule has 0 radical (unpaired) electrons. The van der Waals surface area contributed by atoms with E-state index >= 15 is 0 Å². The van der Waals surface area contributed by atoms with E-state index in [1.165, 1.54) is 5.56 Å². The number of nitrogens with one attached hydrogen (secondary N) is 1. The van der Waals surface area contributed by atoms with Gasteiger partial charge in [0.1, 0.15) is 0 Å². The first kappa shape index (κ1) is 15.1. The monoisotopic (exact) mass is 285 g/mol. The van der Waals surface area contributed by atoms with E-state index in [0.29, 0.717) is 5.96 Å². The van der Waals surface area contributed by atoms with Crippen molar-refractivity contribution in [2.24, 2.45) is 10.7 Å². The van der Waals surface area contributed by atoms with Crippen LogP contribution in [-0.4, -0.2) is 28.8 Å². The number of hydrogen-bond donors (Lipinski definition) is 2. The fourth-order valence-electron chi connectivity index (χ4n) is 1.96. The molecular weight excluding hydrogens is 262 g/mol. The van der Waals surface area contributed by atoms with E-state index in [2.05, 4.69) is 22.3 Å². The molecule has 0 amide bonds. The van der Waals surface area contributed by atoms with E-state index in [-0.39, 0.29) is 0 Å². The van der Waals surface area contributed by atoms with Crippen molar-refractivity contribution in [2.45, 2.75) is 26.2 Å². The first-order valence-electron chi connectivity index (χ1n) is 7.42. The van der Waals surface area contributed by atoms with Gasteiger partial charge in [0.25, 0.3) is 0 Å². The molecule has 3 N–H and O–H groups in total. The van der Waals surface area contributed by atoms with Gasteiger partial charge in [-0.2, -0.15) is 5.10 Å². The second kappa shape index (κ2) is 8.09. The summed E-state index contributed by atoms with van der Waals surface area (Å²) in [5.74, 6) is 0.527. The van der Waals surface area contributed by atoms with Crippen LogP contribution in [0.5, 0.6) is 0 Å². The van der Waals surface area contributed by atoms with Crippen LogP contribution in [0.25, 0.3) is 5.69 Å². The fraction of sp³-hybridized carbons (Fsp3) is 0.375. The van der Waals surface area contributed by atoms with Gasteiger partial charge in [-0.05, 0) is 30.5 Å². The zero-order valence-electron chi connectivity index (χ0n) is 12.5. The Labute approximate surface area is 125 Å². The lowest BCUT2D eigenvalue weighted by atomic mass is 10.2. The standard InChI is InChI=1S/C16H23N5/c1-2-3-10-18-16(17)19-11-9-14-12-20-21(13-14)15-7-5-4-6-8-15/h4-8,12-13H,2-3,9-11H2,1H3,(H3,17,18,19). The van der Waals surface area contributed by atoms with Gasteiger partial charge in [-0.3, -0.25) is 4.99 Å². The molecule has 0 aliphatic heterocycles. The molecule has 2 aromatic rings. The maximum atomic E-state index is 5.79. The number of benzene rings is 1. The summed E-state index contributed by atoms with van der Waals surface area (Å²) in [6, 6.07) is 10.1. The minimum atomic E-state index is 0.527. The first-order valence-corrected chi connectivity index (χ1v) is 7.42. The highest BCUT2D eigenvalue weighted by atomic mass is 15.3. The molecule has 2 rings (SSSR count). The number of aromatic nitrogens is 2. The second-order valence-electron chi connectivity index (χ2n) is 4.93. The predicted molar refractivity (Wildman–Crippen MR) is 86.7 cm³/mol. The Hall–Kier alpha value is -2.30. The largest absolute Gasteiger partial charge is 0.370 e. The Morgan fingerprint density at radius 1 is 1.33 bits per heavy atom. The number of unbranched alkanes of at least 4 members (excludes halogenated alkanes) is 1. The predicted octanol–water partition coefficient (Wildman–Crippen LogP) is 2.12. The molecule has 0 saturated heterocycles. The molecule has 0 spiro atoms. The normalized spacial score (nSPS) is 11.6. The maximum Gasteiger partial charge on any atom is 0.188 e. The van der Waals surface area contributed by atoms with Crippen molar-refractivity contribution in [1.82, 2.24) is 15.1 Å². The van der Waals surface area contributed by atoms with Crippen molar-refractivity contribution in [3.63, 3.8) is 0 Å². The molecule has 0 aliphatic carbocycles. The number of hydrogen-bond acceptors (Lipinski definition) is 2. The van der Waals surface area contributed by atoms with Crippen molar-refractivity contribution in [3.05, 3.63) is 48.3 Å². The Morgan fingerprint density at radius 3 is 2.90 bits per heavy atom. The van der Waals surface area contributed by atoms with Gasteiger partial charge in [0.2, 0.25) is 0 Å². The zero-order chi connectivity index (χ0) is 14.9. The van der Waals surface area contributed by atoms with Gasteiger partial charge in [-0.1, -0.05) is 31.5 Å². The number of aliphatic imine (C=N–C) groups is 1. The van der Waals surface area contributed by atoms with E-state index in [9.17, 15) is 0 Å². The summed E-state index contributed by atoms with van der Waals surface area (Å²) in [7, 11) is 0. The topological polar surface area (TPSA) is 68.2 Å². The number of rotatable bonds is 7.